The highest BCUT2D eigenvalue weighted by Gasteiger charge is 2.47. The Morgan fingerprint density at radius 3 is 1.91 bits per heavy atom. The Hall–Kier alpha value is -2.97. The molecule has 2 heterocycles. The zero-order valence-electron chi connectivity index (χ0n) is 19.9. The first-order chi connectivity index (χ1) is 15.3. The number of nitrogens with zero attached hydrogens (tertiary/aromatic N) is 2. The number of allylic oxidation sites excluding steroid dienone is 2. The van der Waals surface area contributed by atoms with Crippen molar-refractivity contribution in [2.45, 2.75) is 95.7 Å². The van der Waals surface area contributed by atoms with Crippen LogP contribution in [-0.2, 0) is 14.4 Å². The molecule has 0 saturated carbocycles. The van der Waals surface area contributed by atoms with Gasteiger partial charge in [0, 0.05) is 59.8 Å². The Morgan fingerprint density at radius 2 is 1.42 bits per heavy atom. The zero-order valence-corrected chi connectivity index (χ0v) is 19.9. The number of hydrogen-bond donors (Lipinski definition) is 4. The summed E-state index contributed by atoms with van der Waals surface area (Å²) in [6.07, 6.45) is 5.99. The van der Waals surface area contributed by atoms with Gasteiger partial charge in [-0.3, -0.25) is 19.8 Å². The number of piperidine rings is 1. The van der Waals surface area contributed by atoms with Gasteiger partial charge in [0.25, 0.3) is 0 Å². The zero-order chi connectivity index (χ0) is 24.3. The maximum Gasteiger partial charge on any atom is 0.239 e. The molecule has 9 nitrogen and oxygen atoms in total. The quantitative estimate of drug-likeness (QED) is 0.505. The van der Waals surface area contributed by atoms with Gasteiger partial charge in [0.1, 0.15) is 0 Å². The fraction of sp³-hybridized carbons (Fsp3) is 0.625. The van der Waals surface area contributed by atoms with Crippen LogP contribution in [0.2, 0.25) is 0 Å². The monoisotopic (exact) mass is 458 g/mol. The summed E-state index contributed by atoms with van der Waals surface area (Å²) in [7, 11) is 0. The summed E-state index contributed by atoms with van der Waals surface area (Å²) in [6, 6.07) is -0.107. The highest BCUT2D eigenvalue weighted by atomic mass is 16.3. The summed E-state index contributed by atoms with van der Waals surface area (Å²) in [5, 5.41) is 24.0. The Balaban J connectivity index is 1.32. The number of amides is 3. The minimum atomic E-state index is -0.475. The molecule has 2 unspecified atom stereocenters. The van der Waals surface area contributed by atoms with E-state index in [1.807, 2.05) is 44.7 Å². The number of aromatic hydroxyl groups is 2. The second-order valence-corrected chi connectivity index (χ2v) is 10.8. The average Bonchev–Trinajstić information content (AvgIpc) is 3.34. The van der Waals surface area contributed by atoms with Crippen LogP contribution >= 0.6 is 0 Å². The Bertz CT molecular complexity index is 985. The lowest BCUT2D eigenvalue weighted by Gasteiger charge is -2.55. The molecule has 1 aromatic rings. The molecule has 1 fully saturated rings. The van der Waals surface area contributed by atoms with Crippen molar-refractivity contribution in [3.63, 3.8) is 0 Å². The minimum absolute atomic E-state index is 0.0118. The van der Waals surface area contributed by atoms with E-state index in [0.29, 0.717) is 24.0 Å². The second-order valence-electron chi connectivity index (χ2n) is 10.8. The van der Waals surface area contributed by atoms with Gasteiger partial charge in [-0.2, -0.15) is 4.68 Å². The highest BCUT2D eigenvalue weighted by molar-refractivity contribution is 5.88. The van der Waals surface area contributed by atoms with Crippen molar-refractivity contribution in [2.24, 2.45) is 0 Å². The van der Waals surface area contributed by atoms with E-state index in [1.54, 1.807) is 6.92 Å². The molecule has 0 spiro atoms. The van der Waals surface area contributed by atoms with Crippen LogP contribution in [0.15, 0.2) is 12.2 Å². The Kier molecular flexibility index (Phi) is 5.49. The summed E-state index contributed by atoms with van der Waals surface area (Å²) in [6.45, 7) is 9.55. The first kappa shape index (κ1) is 23.2. The topological polar surface area (TPSA) is 124 Å². The number of fused-ring (bicyclic) bond motifs is 5. The minimum Gasteiger partial charge on any atom is -0.493 e. The number of aromatic nitrogens is 1. The van der Waals surface area contributed by atoms with Crippen LogP contribution in [0.4, 0.5) is 0 Å². The van der Waals surface area contributed by atoms with Gasteiger partial charge in [-0.15, -0.1) is 0 Å². The summed E-state index contributed by atoms with van der Waals surface area (Å²) in [5.74, 6) is -0.901. The lowest BCUT2D eigenvalue weighted by molar-refractivity contribution is -0.148. The SMILES string of the molecule is CC(=O)N1C(C)(C)CC(NC(=O)CCC(=O)Nn2c(O)c3c(c2O)C2C=CC3C2)CC1(C)C. The predicted molar refractivity (Wildman–Crippen MR) is 122 cm³/mol. The summed E-state index contributed by atoms with van der Waals surface area (Å²) >= 11 is 0. The summed E-state index contributed by atoms with van der Waals surface area (Å²) in [4.78, 5) is 39.1. The molecule has 1 aliphatic heterocycles. The lowest BCUT2D eigenvalue weighted by atomic mass is 9.77. The largest absolute Gasteiger partial charge is 0.493 e. The van der Waals surface area contributed by atoms with Gasteiger partial charge < -0.3 is 20.4 Å². The van der Waals surface area contributed by atoms with Crippen LogP contribution in [-0.4, -0.2) is 54.6 Å². The smallest absolute Gasteiger partial charge is 0.239 e. The summed E-state index contributed by atoms with van der Waals surface area (Å²) < 4.78 is 1.01. The molecule has 2 bridgehead atoms. The summed E-state index contributed by atoms with van der Waals surface area (Å²) in [5.41, 5.74) is 3.04. The number of hydrogen-bond acceptors (Lipinski definition) is 5. The van der Waals surface area contributed by atoms with Gasteiger partial charge in [0.15, 0.2) is 0 Å². The third-order valence-electron chi connectivity index (χ3n) is 7.22. The van der Waals surface area contributed by atoms with Crippen molar-refractivity contribution in [2.75, 3.05) is 5.43 Å². The molecule has 4 N–H and O–H groups in total. The number of carbonyl (C=O) groups excluding carboxylic acids is 3. The van der Waals surface area contributed by atoms with Gasteiger partial charge >= 0.3 is 0 Å². The molecule has 0 radical (unpaired) electrons. The number of likely N-dealkylation sites (tertiary alicyclic amines) is 1. The van der Waals surface area contributed by atoms with E-state index in [9.17, 15) is 24.6 Å². The van der Waals surface area contributed by atoms with E-state index < -0.39 is 17.0 Å². The van der Waals surface area contributed by atoms with Crippen LogP contribution in [0.1, 0.15) is 89.7 Å². The van der Waals surface area contributed by atoms with Crippen molar-refractivity contribution in [1.82, 2.24) is 14.9 Å². The first-order valence-electron chi connectivity index (χ1n) is 11.6. The molecule has 2 aliphatic carbocycles. The van der Waals surface area contributed by atoms with E-state index >= 15 is 0 Å². The van der Waals surface area contributed by atoms with Crippen LogP contribution < -0.4 is 10.7 Å². The molecular weight excluding hydrogens is 424 g/mol. The Labute approximate surface area is 193 Å². The molecule has 2 atom stereocenters. The lowest BCUT2D eigenvalue weighted by Crippen LogP contribution is -2.65. The van der Waals surface area contributed by atoms with Crippen LogP contribution in [0.25, 0.3) is 0 Å². The van der Waals surface area contributed by atoms with Crippen LogP contribution in [0, 0.1) is 0 Å². The average molecular weight is 459 g/mol. The van der Waals surface area contributed by atoms with Crippen molar-refractivity contribution >= 4 is 17.7 Å². The molecular formula is C24H34N4O5. The van der Waals surface area contributed by atoms with Gasteiger partial charge in [0.05, 0.1) is 0 Å². The molecule has 180 valence electrons. The van der Waals surface area contributed by atoms with Gasteiger partial charge in [-0.1, -0.05) is 12.2 Å². The standard InChI is InChI=1S/C24H34N4O5/c1-13(29)28-23(2,3)11-16(12-24(28,4)5)25-17(30)8-9-18(31)26-27-21(32)19-14-6-7-15(10-14)20(19)22(27)33/h6-7,14-16,32-33H,8-12H2,1-5H3,(H,25,30)(H,26,31). The molecule has 9 heteroatoms. The molecule has 3 amide bonds. The predicted octanol–water partition coefficient (Wildman–Crippen LogP) is 2.57. The molecule has 1 aromatic heterocycles. The van der Waals surface area contributed by atoms with E-state index in [1.165, 1.54) is 0 Å². The van der Waals surface area contributed by atoms with Crippen molar-refractivity contribution in [1.29, 1.82) is 0 Å². The highest BCUT2D eigenvalue weighted by Crippen LogP contribution is 2.56. The van der Waals surface area contributed by atoms with E-state index in [4.69, 9.17) is 0 Å². The van der Waals surface area contributed by atoms with Gasteiger partial charge in [0.2, 0.25) is 29.5 Å². The van der Waals surface area contributed by atoms with Gasteiger partial charge in [-0.05, 0) is 47.0 Å². The van der Waals surface area contributed by atoms with Crippen LogP contribution in [0.5, 0.6) is 11.8 Å². The van der Waals surface area contributed by atoms with Crippen molar-refractivity contribution in [3.05, 3.63) is 23.3 Å². The third kappa shape index (κ3) is 3.98. The van der Waals surface area contributed by atoms with E-state index in [0.717, 1.165) is 11.1 Å². The Morgan fingerprint density at radius 1 is 0.939 bits per heavy atom. The third-order valence-corrected chi connectivity index (χ3v) is 7.22. The van der Waals surface area contributed by atoms with Crippen molar-refractivity contribution < 1.29 is 24.6 Å². The maximum absolute atomic E-state index is 12.6. The first-order valence-corrected chi connectivity index (χ1v) is 11.6. The van der Waals surface area contributed by atoms with E-state index in [2.05, 4.69) is 10.7 Å². The van der Waals surface area contributed by atoms with Gasteiger partial charge in [-0.25, -0.2) is 0 Å². The molecule has 1 saturated heterocycles. The fourth-order valence-corrected chi connectivity index (χ4v) is 6.49. The van der Waals surface area contributed by atoms with E-state index in [-0.39, 0.29) is 54.3 Å². The molecule has 3 aliphatic rings. The molecule has 4 rings (SSSR count). The number of rotatable bonds is 5. The number of nitrogens with one attached hydrogen (secondary N) is 2. The number of carbonyl (C=O) groups is 3. The normalized spacial score (nSPS) is 24.6. The fourth-order valence-electron chi connectivity index (χ4n) is 6.49. The second kappa shape index (κ2) is 7.81. The van der Waals surface area contributed by atoms with Crippen molar-refractivity contribution in [3.8, 4) is 11.8 Å². The molecule has 33 heavy (non-hydrogen) atoms. The molecule has 0 aromatic carbocycles. The maximum atomic E-state index is 12.6. The van der Waals surface area contributed by atoms with Crippen LogP contribution in [0.3, 0.4) is 0 Å².